The van der Waals surface area contributed by atoms with Crippen molar-refractivity contribution in [3.05, 3.63) is 17.5 Å². The molecule has 1 aromatic rings. The smallest absolute Gasteiger partial charge is 0.317 e. The van der Waals surface area contributed by atoms with Gasteiger partial charge in [0.15, 0.2) is 0 Å². The maximum absolute atomic E-state index is 5.74. The number of aryl methyl sites for hydroxylation is 1. The summed E-state index contributed by atoms with van der Waals surface area (Å²) in [6.07, 6.45) is 6.24. The van der Waals surface area contributed by atoms with E-state index in [0.717, 1.165) is 17.8 Å². The average molecular weight is 251 g/mol. The van der Waals surface area contributed by atoms with Gasteiger partial charge in [0.2, 0.25) is 0 Å². The summed E-state index contributed by atoms with van der Waals surface area (Å²) >= 11 is 0. The van der Waals surface area contributed by atoms with Crippen molar-refractivity contribution in [3.63, 3.8) is 0 Å². The lowest BCUT2D eigenvalue weighted by molar-refractivity contribution is 0.188. The van der Waals surface area contributed by atoms with E-state index in [1.54, 1.807) is 0 Å². The summed E-state index contributed by atoms with van der Waals surface area (Å²) in [5.74, 6) is 0. The number of rotatable bonds is 8. The minimum absolute atomic E-state index is 0.161. The molecule has 18 heavy (non-hydrogen) atoms. The second-order valence-corrected chi connectivity index (χ2v) is 4.77. The van der Waals surface area contributed by atoms with Crippen molar-refractivity contribution in [1.82, 2.24) is 9.97 Å². The van der Waals surface area contributed by atoms with Crippen molar-refractivity contribution in [3.8, 4) is 6.01 Å². The van der Waals surface area contributed by atoms with E-state index >= 15 is 0 Å². The van der Waals surface area contributed by atoms with E-state index in [4.69, 9.17) is 10.5 Å². The lowest BCUT2D eigenvalue weighted by Crippen LogP contribution is -2.15. The molecule has 1 unspecified atom stereocenters. The Balaban J connectivity index is 2.43. The number of nitrogens with zero attached hydrogens (tertiary/aromatic N) is 2. The molecule has 0 saturated carbocycles. The Hall–Kier alpha value is -1.16. The minimum atomic E-state index is 0.161. The first kappa shape index (κ1) is 14.9. The molecule has 0 aliphatic carbocycles. The zero-order chi connectivity index (χ0) is 13.4. The molecule has 1 heterocycles. The summed E-state index contributed by atoms with van der Waals surface area (Å²) in [4.78, 5) is 8.56. The van der Waals surface area contributed by atoms with E-state index in [9.17, 15) is 0 Å². The Morgan fingerprint density at radius 2 is 2.06 bits per heavy atom. The number of hydrogen-bond acceptors (Lipinski definition) is 4. The van der Waals surface area contributed by atoms with E-state index in [-0.39, 0.29) is 6.10 Å². The van der Waals surface area contributed by atoms with Crippen LogP contribution in [-0.2, 0) is 6.54 Å². The zero-order valence-corrected chi connectivity index (χ0v) is 11.8. The minimum Gasteiger partial charge on any atom is -0.460 e. The molecule has 0 aliphatic rings. The third kappa shape index (κ3) is 5.45. The van der Waals surface area contributed by atoms with Crippen molar-refractivity contribution >= 4 is 0 Å². The molecule has 0 aromatic carbocycles. The fourth-order valence-corrected chi connectivity index (χ4v) is 1.86. The predicted octanol–water partition coefficient (Wildman–Crippen LogP) is 2.98. The van der Waals surface area contributed by atoms with E-state index < -0.39 is 0 Å². The molecule has 2 N–H and O–H groups in total. The summed E-state index contributed by atoms with van der Waals surface area (Å²) in [6.45, 7) is 6.64. The van der Waals surface area contributed by atoms with E-state index in [1.807, 2.05) is 13.0 Å². The van der Waals surface area contributed by atoms with Gasteiger partial charge in [-0.05, 0) is 32.8 Å². The van der Waals surface area contributed by atoms with Gasteiger partial charge in [-0.2, -0.15) is 4.98 Å². The number of ether oxygens (including phenoxy) is 1. The van der Waals surface area contributed by atoms with Crippen LogP contribution in [0.5, 0.6) is 6.01 Å². The molecule has 1 atom stereocenters. The first-order chi connectivity index (χ1) is 8.65. The number of unbranched alkanes of at least 4 members (excludes halogenated alkanes) is 3. The Labute approximate surface area is 110 Å². The van der Waals surface area contributed by atoms with E-state index in [2.05, 4.69) is 23.8 Å². The highest BCUT2D eigenvalue weighted by Crippen LogP contribution is 2.12. The second kappa shape index (κ2) is 8.03. The third-order valence-electron chi connectivity index (χ3n) is 2.87. The van der Waals surface area contributed by atoms with Crippen LogP contribution in [0.1, 0.15) is 57.3 Å². The molecular formula is C14H25N3O. The van der Waals surface area contributed by atoms with Gasteiger partial charge in [-0.25, -0.2) is 4.98 Å². The molecule has 102 valence electrons. The van der Waals surface area contributed by atoms with Crippen LogP contribution in [0.15, 0.2) is 6.07 Å². The average Bonchev–Trinajstić information content (AvgIpc) is 2.34. The van der Waals surface area contributed by atoms with Crippen molar-refractivity contribution < 1.29 is 4.74 Å². The standard InChI is InChI=1S/C14H25N3O/c1-4-5-6-7-8-12(3)18-14-16-11(2)9-13(10-15)17-14/h9,12H,4-8,10,15H2,1-3H3. The monoisotopic (exact) mass is 251 g/mol. The SMILES string of the molecule is CCCCCCC(C)Oc1nc(C)cc(CN)n1. The molecule has 0 aliphatic heterocycles. The van der Waals surface area contributed by atoms with Gasteiger partial charge < -0.3 is 10.5 Å². The van der Waals surface area contributed by atoms with Gasteiger partial charge in [0.05, 0.1) is 11.8 Å². The van der Waals surface area contributed by atoms with Crippen LogP contribution in [0.25, 0.3) is 0 Å². The largest absolute Gasteiger partial charge is 0.460 e. The molecule has 4 heteroatoms. The first-order valence-corrected chi connectivity index (χ1v) is 6.87. The van der Waals surface area contributed by atoms with Crippen LogP contribution in [-0.4, -0.2) is 16.1 Å². The normalized spacial score (nSPS) is 12.4. The number of hydrogen-bond donors (Lipinski definition) is 1. The first-order valence-electron chi connectivity index (χ1n) is 6.87. The summed E-state index contributed by atoms with van der Waals surface area (Å²) < 4.78 is 5.74. The summed E-state index contributed by atoms with van der Waals surface area (Å²) in [5, 5.41) is 0. The number of nitrogens with two attached hydrogens (primary N) is 1. The highest BCUT2D eigenvalue weighted by molar-refractivity contribution is 5.12. The molecule has 1 rings (SSSR count). The van der Waals surface area contributed by atoms with Crippen LogP contribution in [0, 0.1) is 6.92 Å². The summed E-state index contributed by atoms with van der Waals surface area (Å²) in [5.41, 5.74) is 7.32. The second-order valence-electron chi connectivity index (χ2n) is 4.77. The molecule has 0 fully saturated rings. The van der Waals surface area contributed by atoms with Gasteiger partial charge in [-0.1, -0.05) is 26.2 Å². The van der Waals surface area contributed by atoms with Gasteiger partial charge in [-0.3, -0.25) is 0 Å². The summed E-state index contributed by atoms with van der Waals surface area (Å²) in [7, 11) is 0. The molecule has 0 bridgehead atoms. The Bertz CT molecular complexity index is 355. The van der Waals surface area contributed by atoms with Gasteiger partial charge in [0.1, 0.15) is 0 Å². The van der Waals surface area contributed by atoms with Crippen LogP contribution < -0.4 is 10.5 Å². The topological polar surface area (TPSA) is 61.0 Å². The molecule has 0 radical (unpaired) electrons. The van der Waals surface area contributed by atoms with Gasteiger partial charge in [-0.15, -0.1) is 0 Å². The van der Waals surface area contributed by atoms with Crippen molar-refractivity contribution in [2.45, 2.75) is 65.5 Å². The predicted molar refractivity (Wildman–Crippen MR) is 73.5 cm³/mol. The van der Waals surface area contributed by atoms with E-state index in [1.165, 1.54) is 25.7 Å². The van der Waals surface area contributed by atoms with Gasteiger partial charge >= 0.3 is 6.01 Å². The van der Waals surface area contributed by atoms with Crippen molar-refractivity contribution in [2.24, 2.45) is 5.73 Å². The van der Waals surface area contributed by atoms with Crippen LogP contribution in [0.2, 0.25) is 0 Å². The lowest BCUT2D eigenvalue weighted by Gasteiger charge is -2.13. The third-order valence-corrected chi connectivity index (χ3v) is 2.87. The molecule has 0 spiro atoms. The maximum atomic E-state index is 5.74. The zero-order valence-electron chi connectivity index (χ0n) is 11.8. The Morgan fingerprint density at radius 3 is 2.72 bits per heavy atom. The Morgan fingerprint density at radius 1 is 1.28 bits per heavy atom. The van der Waals surface area contributed by atoms with Gasteiger partial charge in [0, 0.05) is 12.2 Å². The Kier molecular flexibility index (Phi) is 6.65. The molecule has 0 saturated heterocycles. The lowest BCUT2D eigenvalue weighted by atomic mass is 10.1. The maximum Gasteiger partial charge on any atom is 0.317 e. The van der Waals surface area contributed by atoms with Crippen LogP contribution in [0.3, 0.4) is 0 Å². The van der Waals surface area contributed by atoms with Crippen molar-refractivity contribution in [1.29, 1.82) is 0 Å². The fraction of sp³-hybridized carbons (Fsp3) is 0.714. The van der Waals surface area contributed by atoms with Crippen molar-refractivity contribution in [2.75, 3.05) is 0 Å². The quantitative estimate of drug-likeness (QED) is 0.721. The number of aromatic nitrogens is 2. The van der Waals surface area contributed by atoms with E-state index in [0.29, 0.717) is 12.6 Å². The molecule has 1 aromatic heterocycles. The molecular weight excluding hydrogens is 226 g/mol. The summed E-state index contributed by atoms with van der Waals surface area (Å²) in [6, 6.07) is 2.34. The highest BCUT2D eigenvalue weighted by atomic mass is 16.5. The molecule has 0 amide bonds. The van der Waals surface area contributed by atoms with Crippen LogP contribution in [0.4, 0.5) is 0 Å². The van der Waals surface area contributed by atoms with Crippen LogP contribution >= 0.6 is 0 Å². The van der Waals surface area contributed by atoms with Gasteiger partial charge in [0.25, 0.3) is 0 Å². The molecule has 4 nitrogen and oxygen atoms in total. The fourth-order valence-electron chi connectivity index (χ4n) is 1.86. The highest BCUT2D eigenvalue weighted by Gasteiger charge is 2.07.